The van der Waals surface area contributed by atoms with E-state index in [0.29, 0.717) is 0 Å². The summed E-state index contributed by atoms with van der Waals surface area (Å²) in [5, 5.41) is 8.53. The van der Waals surface area contributed by atoms with E-state index in [4.69, 9.17) is 5.26 Å². The average molecular weight is 241 g/mol. The van der Waals surface area contributed by atoms with Crippen LogP contribution in [0, 0.1) is 11.3 Å². The molecule has 1 aliphatic heterocycles. The number of aromatic nitrogens is 1. The van der Waals surface area contributed by atoms with E-state index in [1.807, 2.05) is 42.7 Å². The van der Waals surface area contributed by atoms with Crippen molar-refractivity contribution in [3.05, 3.63) is 54.0 Å². The molecule has 0 fully saturated rings. The number of pyridine rings is 1. The Balaban J connectivity index is 0.000000184. The first-order valence-electron chi connectivity index (χ1n) is 6.21. The zero-order valence-corrected chi connectivity index (χ0v) is 11.0. The zero-order valence-electron chi connectivity index (χ0n) is 11.0. The molecule has 3 nitrogen and oxygen atoms in total. The number of nitriles is 1. The molecule has 0 bridgehead atoms. The Morgan fingerprint density at radius 3 is 2.72 bits per heavy atom. The smallest absolute Gasteiger partial charge is 0.0966 e. The molecule has 0 radical (unpaired) electrons. The Hall–Kier alpha value is -2.08. The lowest BCUT2D eigenvalue weighted by atomic mass is 10.2. The summed E-state index contributed by atoms with van der Waals surface area (Å²) in [6.07, 6.45) is 8.61. The van der Waals surface area contributed by atoms with Crippen molar-refractivity contribution in [1.82, 2.24) is 9.88 Å². The van der Waals surface area contributed by atoms with Crippen LogP contribution in [0.3, 0.4) is 0 Å². The first-order valence-corrected chi connectivity index (χ1v) is 6.21. The zero-order chi connectivity index (χ0) is 13.2. The average Bonchev–Trinajstić information content (AvgIpc) is 2.48. The second kappa shape index (κ2) is 8.08. The van der Waals surface area contributed by atoms with Gasteiger partial charge >= 0.3 is 0 Å². The maximum Gasteiger partial charge on any atom is 0.0966 e. The molecule has 0 aromatic carbocycles. The van der Waals surface area contributed by atoms with Crippen LogP contribution < -0.4 is 0 Å². The first kappa shape index (κ1) is 14.0. The quantitative estimate of drug-likeness (QED) is 0.799. The molecule has 2 heterocycles. The standard InChI is InChI=1S/C8H10N2.C7H9N/c1-2-10-5-3-4-8(6-9)7-10;1-2-7-5-3-4-6-8-7/h3-5H,2,7H2,1H3;3-6H,2H2,1H3. The van der Waals surface area contributed by atoms with Gasteiger partial charge in [0.25, 0.3) is 0 Å². The molecule has 1 aromatic heterocycles. The van der Waals surface area contributed by atoms with Crippen LogP contribution in [0.2, 0.25) is 0 Å². The van der Waals surface area contributed by atoms with Gasteiger partial charge in [-0.1, -0.05) is 13.0 Å². The third-order valence-corrected chi connectivity index (χ3v) is 2.61. The second-order valence-electron chi connectivity index (χ2n) is 3.88. The molecular weight excluding hydrogens is 222 g/mol. The van der Waals surface area contributed by atoms with Crippen molar-refractivity contribution in [2.75, 3.05) is 13.1 Å². The van der Waals surface area contributed by atoms with Crippen LogP contribution in [0.4, 0.5) is 0 Å². The fourth-order valence-electron chi connectivity index (χ4n) is 1.50. The van der Waals surface area contributed by atoms with Crippen molar-refractivity contribution in [1.29, 1.82) is 5.26 Å². The molecule has 0 spiro atoms. The topological polar surface area (TPSA) is 39.9 Å². The summed E-state index contributed by atoms with van der Waals surface area (Å²) in [5.41, 5.74) is 2.00. The van der Waals surface area contributed by atoms with Gasteiger partial charge in [0.1, 0.15) is 0 Å². The lowest BCUT2D eigenvalue weighted by Crippen LogP contribution is -2.20. The minimum Gasteiger partial charge on any atom is -0.373 e. The van der Waals surface area contributed by atoms with Gasteiger partial charge in [-0.3, -0.25) is 4.98 Å². The maximum absolute atomic E-state index is 8.53. The van der Waals surface area contributed by atoms with Crippen molar-refractivity contribution in [2.24, 2.45) is 0 Å². The maximum atomic E-state index is 8.53. The lowest BCUT2D eigenvalue weighted by Gasteiger charge is -2.19. The van der Waals surface area contributed by atoms with Crippen LogP contribution in [-0.4, -0.2) is 23.0 Å². The molecule has 1 aliphatic rings. The van der Waals surface area contributed by atoms with Gasteiger partial charge in [0.15, 0.2) is 0 Å². The molecule has 2 rings (SSSR count). The van der Waals surface area contributed by atoms with E-state index < -0.39 is 0 Å². The number of hydrogen-bond acceptors (Lipinski definition) is 3. The van der Waals surface area contributed by atoms with Gasteiger partial charge in [0.05, 0.1) is 12.6 Å². The van der Waals surface area contributed by atoms with E-state index in [2.05, 4.69) is 29.8 Å². The Morgan fingerprint density at radius 2 is 2.22 bits per heavy atom. The van der Waals surface area contributed by atoms with E-state index in [1.54, 1.807) is 0 Å². The van der Waals surface area contributed by atoms with Crippen LogP contribution >= 0.6 is 0 Å². The van der Waals surface area contributed by atoms with Crippen LogP contribution in [-0.2, 0) is 6.42 Å². The fraction of sp³-hybridized carbons (Fsp3) is 0.333. The van der Waals surface area contributed by atoms with Gasteiger partial charge in [-0.25, -0.2) is 0 Å². The first-order chi connectivity index (χ1) is 8.80. The Morgan fingerprint density at radius 1 is 1.39 bits per heavy atom. The highest BCUT2D eigenvalue weighted by Gasteiger charge is 2.02. The van der Waals surface area contributed by atoms with Crippen LogP contribution in [0.5, 0.6) is 0 Å². The highest BCUT2D eigenvalue weighted by Crippen LogP contribution is 2.04. The molecule has 0 saturated carbocycles. The number of aryl methyl sites for hydroxylation is 1. The number of allylic oxidation sites excluding steroid dienone is 2. The molecule has 18 heavy (non-hydrogen) atoms. The van der Waals surface area contributed by atoms with Crippen molar-refractivity contribution in [3.8, 4) is 6.07 Å². The molecule has 0 amide bonds. The van der Waals surface area contributed by atoms with E-state index in [0.717, 1.165) is 30.8 Å². The highest BCUT2D eigenvalue weighted by molar-refractivity contribution is 5.30. The molecule has 0 unspecified atom stereocenters. The van der Waals surface area contributed by atoms with Gasteiger partial charge in [0, 0.05) is 24.0 Å². The summed E-state index contributed by atoms with van der Waals surface area (Å²) in [6, 6.07) is 8.10. The number of rotatable bonds is 2. The molecule has 0 saturated heterocycles. The van der Waals surface area contributed by atoms with E-state index in [9.17, 15) is 0 Å². The Kier molecular flexibility index (Phi) is 6.27. The van der Waals surface area contributed by atoms with Crippen molar-refractivity contribution in [2.45, 2.75) is 20.3 Å². The van der Waals surface area contributed by atoms with Crippen LogP contribution in [0.15, 0.2) is 48.3 Å². The minimum atomic E-state index is 0.767. The largest absolute Gasteiger partial charge is 0.373 e. The summed E-state index contributed by atoms with van der Waals surface area (Å²) >= 11 is 0. The summed E-state index contributed by atoms with van der Waals surface area (Å²) in [7, 11) is 0. The third kappa shape index (κ3) is 4.84. The summed E-state index contributed by atoms with van der Waals surface area (Å²) in [5.74, 6) is 0. The van der Waals surface area contributed by atoms with E-state index >= 15 is 0 Å². The summed E-state index contributed by atoms with van der Waals surface area (Å²) in [4.78, 5) is 6.19. The predicted molar refractivity (Wildman–Crippen MR) is 73.7 cm³/mol. The van der Waals surface area contributed by atoms with Crippen molar-refractivity contribution in [3.63, 3.8) is 0 Å². The normalized spacial score (nSPS) is 13.2. The van der Waals surface area contributed by atoms with Crippen molar-refractivity contribution < 1.29 is 0 Å². The number of likely N-dealkylation sites (N-methyl/N-ethyl adjacent to an activating group) is 1. The second-order valence-corrected chi connectivity index (χ2v) is 3.88. The Labute approximate surface area is 109 Å². The fourth-order valence-corrected chi connectivity index (χ4v) is 1.50. The van der Waals surface area contributed by atoms with Gasteiger partial charge < -0.3 is 4.90 Å². The molecule has 94 valence electrons. The molecule has 3 heteroatoms. The van der Waals surface area contributed by atoms with Gasteiger partial charge in [-0.2, -0.15) is 5.26 Å². The van der Waals surface area contributed by atoms with Crippen LogP contribution in [0.25, 0.3) is 0 Å². The SMILES string of the molecule is CCN1C=CC=C(C#N)C1.CCc1ccccn1. The minimum absolute atomic E-state index is 0.767. The Bertz CT molecular complexity index is 441. The van der Waals surface area contributed by atoms with Gasteiger partial charge in [-0.15, -0.1) is 0 Å². The molecule has 1 aromatic rings. The van der Waals surface area contributed by atoms with Crippen LogP contribution in [0.1, 0.15) is 19.5 Å². The van der Waals surface area contributed by atoms with Gasteiger partial charge in [0.2, 0.25) is 0 Å². The van der Waals surface area contributed by atoms with Gasteiger partial charge in [-0.05, 0) is 43.8 Å². The highest BCUT2D eigenvalue weighted by atomic mass is 15.1. The van der Waals surface area contributed by atoms with E-state index in [1.165, 1.54) is 0 Å². The summed E-state index contributed by atoms with van der Waals surface area (Å²) in [6.45, 7) is 5.91. The lowest BCUT2D eigenvalue weighted by molar-refractivity contribution is 0.429. The molecule has 0 N–H and O–H groups in total. The predicted octanol–water partition coefficient (Wildman–Crippen LogP) is 2.93. The summed E-state index contributed by atoms with van der Waals surface area (Å²) < 4.78 is 0. The monoisotopic (exact) mass is 241 g/mol. The van der Waals surface area contributed by atoms with E-state index in [-0.39, 0.29) is 0 Å². The van der Waals surface area contributed by atoms with Crippen molar-refractivity contribution >= 4 is 0 Å². The molecule has 0 aliphatic carbocycles. The molecular formula is C15H19N3. The number of nitrogens with zero attached hydrogens (tertiary/aromatic N) is 3. The number of hydrogen-bond donors (Lipinski definition) is 0. The third-order valence-electron chi connectivity index (χ3n) is 2.61. The molecule has 0 atom stereocenters.